The fraction of sp³-hybridized carbons (Fsp3) is 0.600. The lowest BCUT2D eigenvalue weighted by Gasteiger charge is -2.25. The molecule has 1 N–H and O–H groups in total. The predicted molar refractivity (Wildman–Crippen MR) is 82.3 cm³/mol. The van der Waals surface area contributed by atoms with Crippen LogP contribution in [0.3, 0.4) is 0 Å². The third-order valence-electron chi connectivity index (χ3n) is 3.42. The predicted octanol–water partition coefficient (Wildman–Crippen LogP) is 2.77. The maximum absolute atomic E-state index is 11.7. The van der Waals surface area contributed by atoms with Crippen molar-refractivity contribution < 1.29 is 13.2 Å². The summed E-state index contributed by atoms with van der Waals surface area (Å²) in [4.78, 5) is 0. The molecule has 0 aromatic heterocycles. The van der Waals surface area contributed by atoms with Crippen molar-refractivity contribution in [1.29, 1.82) is 0 Å². The zero-order chi connectivity index (χ0) is 14.6. The molecule has 1 unspecified atom stereocenters. The molecule has 5 heteroatoms. The van der Waals surface area contributed by atoms with Crippen LogP contribution in [0.2, 0.25) is 0 Å². The van der Waals surface area contributed by atoms with Crippen molar-refractivity contribution in [3.63, 3.8) is 0 Å². The van der Waals surface area contributed by atoms with Crippen LogP contribution in [0.4, 0.5) is 5.69 Å². The molecule has 1 saturated heterocycles. The molecule has 4 nitrogen and oxygen atoms in total. The quantitative estimate of drug-likeness (QED) is 0.908. The molecule has 112 valence electrons. The smallest absolute Gasteiger partial charge is 0.152 e. The summed E-state index contributed by atoms with van der Waals surface area (Å²) < 4.78 is 29.1. The number of anilines is 1. The molecule has 0 bridgehead atoms. The van der Waals surface area contributed by atoms with Crippen LogP contribution in [0.15, 0.2) is 18.2 Å². The van der Waals surface area contributed by atoms with E-state index in [-0.39, 0.29) is 11.8 Å². The summed E-state index contributed by atoms with van der Waals surface area (Å²) in [5, 5.41) is 3.34. The van der Waals surface area contributed by atoms with E-state index in [1.807, 2.05) is 25.1 Å². The van der Waals surface area contributed by atoms with Gasteiger partial charge < -0.3 is 10.1 Å². The molecular formula is C15H23NO3S. The van der Waals surface area contributed by atoms with Crippen molar-refractivity contribution >= 4 is 15.5 Å². The Morgan fingerprint density at radius 1 is 1.40 bits per heavy atom. The first-order valence-corrected chi connectivity index (χ1v) is 9.03. The van der Waals surface area contributed by atoms with Gasteiger partial charge in [0.25, 0.3) is 0 Å². The highest BCUT2D eigenvalue weighted by molar-refractivity contribution is 7.91. The van der Waals surface area contributed by atoms with Crippen LogP contribution in [-0.4, -0.2) is 32.6 Å². The highest BCUT2D eigenvalue weighted by atomic mass is 32.2. The van der Waals surface area contributed by atoms with Gasteiger partial charge in [0.05, 0.1) is 23.8 Å². The number of hydrogen-bond donors (Lipinski definition) is 1. The third kappa shape index (κ3) is 4.13. The highest BCUT2D eigenvalue weighted by Crippen LogP contribution is 2.28. The second-order valence-electron chi connectivity index (χ2n) is 5.45. The van der Waals surface area contributed by atoms with Crippen molar-refractivity contribution in [1.82, 2.24) is 0 Å². The van der Waals surface area contributed by atoms with Gasteiger partial charge in [-0.05, 0) is 43.9 Å². The maximum Gasteiger partial charge on any atom is 0.152 e. The van der Waals surface area contributed by atoms with E-state index in [0.29, 0.717) is 12.4 Å². The van der Waals surface area contributed by atoms with E-state index in [2.05, 4.69) is 12.2 Å². The number of aryl methyl sites for hydroxylation is 1. The summed E-state index contributed by atoms with van der Waals surface area (Å²) in [6, 6.07) is 5.97. The average Bonchev–Trinajstić information content (AvgIpc) is 2.38. The van der Waals surface area contributed by atoms with E-state index in [0.717, 1.165) is 36.3 Å². The zero-order valence-electron chi connectivity index (χ0n) is 12.2. The molecule has 1 fully saturated rings. The topological polar surface area (TPSA) is 55.4 Å². The Morgan fingerprint density at radius 2 is 2.20 bits per heavy atom. The summed E-state index contributed by atoms with van der Waals surface area (Å²) in [6.07, 6.45) is 2.57. The Morgan fingerprint density at radius 3 is 2.90 bits per heavy atom. The lowest BCUT2D eigenvalue weighted by Crippen LogP contribution is -2.34. The van der Waals surface area contributed by atoms with E-state index < -0.39 is 9.84 Å². The maximum atomic E-state index is 11.7. The highest BCUT2D eigenvalue weighted by Gasteiger charge is 2.25. The number of ether oxygens (including phenoxy) is 1. The minimum absolute atomic E-state index is 0.0135. The largest absolute Gasteiger partial charge is 0.491 e. The molecular weight excluding hydrogens is 274 g/mol. The van der Waals surface area contributed by atoms with Gasteiger partial charge in [0.1, 0.15) is 5.75 Å². The second-order valence-corrected chi connectivity index (χ2v) is 7.67. The van der Waals surface area contributed by atoms with Crippen molar-refractivity contribution in [3.8, 4) is 5.75 Å². The summed E-state index contributed by atoms with van der Waals surface area (Å²) >= 11 is 0. The molecule has 0 amide bonds. The number of nitrogens with one attached hydrogen (secondary N) is 1. The lowest BCUT2D eigenvalue weighted by molar-refractivity contribution is 0.318. The van der Waals surface area contributed by atoms with Crippen molar-refractivity contribution in [2.24, 2.45) is 0 Å². The molecule has 1 aromatic carbocycles. The Labute approximate surface area is 121 Å². The molecule has 1 aliphatic heterocycles. The van der Waals surface area contributed by atoms with Gasteiger partial charge in [0.15, 0.2) is 9.84 Å². The lowest BCUT2D eigenvalue weighted by atomic mass is 10.1. The zero-order valence-corrected chi connectivity index (χ0v) is 13.0. The Bertz CT molecular complexity index is 554. The van der Waals surface area contributed by atoms with Gasteiger partial charge in [0, 0.05) is 6.04 Å². The van der Waals surface area contributed by atoms with Gasteiger partial charge in [-0.15, -0.1) is 0 Å². The average molecular weight is 297 g/mol. The van der Waals surface area contributed by atoms with Crippen LogP contribution in [0, 0.1) is 6.92 Å². The SMILES string of the molecule is CCCOc1cc(C)ccc1NC1CCCS(=O)(=O)C1. The monoisotopic (exact) mass is 297 g/mol. The summed E-state index contributed by atoms with van der Waals surface area (Å²) in [7, 11) is -2.89. The van der Waals surface area contributed by atoms with Crippen molar-refractivity contribution in [2.45, 2.75) is 39.2 Å². The Kier molecular flexibility index (Phi) is 4.91. The van der Waals surface area contributed by atoms with E-state index in [1.165, 1.54) is 0 Å². The molecule has 1 heterocycles. The molecule has 0 saturated carbocycles. The van der Waals surface area contributed by atoms with Crippen LogP contribution in [0.1, 0.15) is 31.7 Å². The van der Waals surface area contributed by atoms with E-state index >= 15 is 0 Å². The molecule has 0 spiro atoms. The standard InChI is InChI=1S/C15H23NO3S/c1-3-8-19-15-10-12(2)6-7-14(15)16-13-5-4-9-20(17,18)11-13/h6-7,10,13,16H,3-5,8-9,11H2,1-2H3. The summed E-state index contributed by atoms with van der Waals surface area (Å²) in [5.74, 6) is 1.35. The number of sulfone groups is 1. The molecule has 2 rings (SSSR count). The van der Waals surface area contributed by atoms with Gasteiger partial charge in [-0.1, -0.05) is 13.0 Å². The Hall–Kier alpha value is -1.23. The third-order valence-corrected chi connectivity index (χ3v) is 5.24. The first-order valence-electron chi connectivity index (χ1n) is 7.20. The van der Waals surface area contributed by atoms with Gasteiger partial charge >= 0.3 is 0 Å². The second kappa shape index (κ2) is 6.48. The van der Waals surface area contributed by atoms with E-state index in [1.54, 1.807) is 0 Å². The van der Waals surface area contributed by atoms with Crippen LogP contribution in [0.5, 0.6) is 5.75 Å². The molecule has 1 atom stereocenters. The van der Waals surface area contributed by atoms with E-state index in [9.17, 15) is 8.42 Å². The van der Waals surface area contributed by atoms with Crippen LogP contribution in [0.25, 0.3) is 0 Å². The van der Waals surface area contributed by atoms with Crippen molar-refractivity contribution in [3.05, 3.63) is 23.8 Å². The number of rotatable bonds is 5. The van der Waals surface area contributed by atoms with Crippen molar-refractivity contribution in [2.75, 3.05) is 23.4 Å². The summed E-state index contributed by atoms with van der Waals surface area (Å²) in [5.41, 5.74) is 2.03. The van der Waals surface area contributed by atoms with Gasteiger partial charge in [-0.25, -0.2) is 8.42 Å². The molecule has 0 aliphatic carbocycles. The van der Waals surface area contributed by atoms with Crippen LogP contribution in [-0.2, 0) is 9.84 Å². The first kappa shape index (κ1) is 15.2. The molecule has 1 aromatic rings. The Balaban J connectivity index is 2.11. The minimum atomic E-state index is -2.89. The molecule has 20 heavy (non-hydrogen) atoms. The molecule has 1 aliphatic rings. The number of hydrogen-bond acceptors (Lipinski definition) is 4. The number of benzene rings is 1. The minimum Gasteiger partial charge on any atom is -0.491 e. The van der Waals surface area contributed by atoms with Crippen LogP contribution < -0.4 is 10.1 Å². The van der Waals surface area contributed by atoms with Gasteiger partial charge in [0.2, 0.25) is 0 Å². The molecule has 0 radical (unpaired) electrons. The van der Waals surface area contributed by atoms with E-state index in [4.69, 9.17) is 4.74 Å². The fourth-order valence-electron chi connectivity index (χ4n) is 2.44. The van der Waals surface area contributed by atoms with Crippen LogP contribution >= 0.6 is 0 Å². The first-order chi connectivity index (χ1) is 9.50. The normalized spacial score (nSPS) is 21.4. The van der Waals surface area contributed by atoms with Gasteiger partial charge in [-0.2, -0.15) is 0 Å². The summed E-state index contributed by atoms with van der Waals surface area (Å²) in [6.45, 7) is 4.76. The fourth-order valence-corrected chi connectivity index (χ4v) is 4.07. The van der Waals surface area contributed by atoms with Gasteiger partial charge in [-0.3, -0.25) is 0 Å².